The van der Waals surface area contributed by atoms with E-state index in [0.717, 1.165) is 25.0 Å². The minimum atomic E-state index is 0.328. The summed E-state index contributed by atoms with van der Waals surface area (Å²) >= 11 is 7.85. The molecule has 0 radical (unpaired) electrons. The zero-order chi connectivity index (χ0) is 9.68. The normalized spacial score (nSPS) is 13.2. The van der Waals surface area contributed by atoms with Crippen LogP contribution in [-0.2, 0) is 6.42 Å². The lowest BCUT2D eigenvalue weighted by Gasteiger charge is -2.04. The van der Waals surface area contributed by atoms with Crippen molar-refractivity contribution in [1.29, 1.82) is 0 Å². The number of rotatable bonds is 5. The van der Waals surface area contributed by atoms with Gasteiger partial charge in [0.2, 0.25) is 0 Å². The fourth-order valence-corrected chi connectivity index (χ4v) is 2.37. The van der Waals surface area contributed by atoms with Crippen LogP contribution in [0.1, 0.15) is 36.9 Å². The molecule has 1 atom stereocenters. The van der Waals surface area contributed by atoms with E-state index in [-0.39, 0.29) is 0 Å². The standard InChI is InChI=1S/C10H16ClNS/c1-3-4-9(11)5-6-10-12-8(2)7-13-10/h7,9H,3-6H2,1-2H3. The molecule has 1 rings (SSSR count). The highest BCUT2D eigenvalue weighted by Gasteiger charge is 2.05. The summed E-state index contributed by atoms with van der Waals surface area (Å²) in [5.74, 6) is 0. The molecule has 1 unspecified atom stereocenters. The van der Waals surface area contributed by atoms with E-state index in [1.54, 1.807) is 11.3 Å². The Bertz CT molecular complexity index is 247. The van der Waals surface area contributed by atoms with Crippen molar-refractivity contribution in [2.45, 2.75) is 44.9 Å². The quantitative estimate of drug-likeness (QED) is 0.684. The Kier molecular flexibility index (Phi) is 4.74. The second kappa shape index (κ2) is 5.61. The van der Waals surface area contributed by atoms with Gasteiger partial charge in [-0.2, -0.15) is 0 Å². The van der Waals surface area contributed by atoms with Gasteiger partial charge in [0.1, 0.15) is 0 Å². The minimum Gasteiger partial charge on any atom is -0.247 e. The van der Waals surface area contributed by atoms with Crippen molar-refractivity contribution in [2.75, 3.05) is 0 Å². The first-order valence-electron chi connectivity index (χ1n) is 4.77. The third kappa shape index (κ3) is 4.10. The summed E-state index contributed by atoms with van der Waals surface area (Å²) in [5.41, 5.74) is 1.13. The van der Waals surface area contributed by atoms with Crippen LogP contribution in [0.3, 0.4) is 0 Å². The SMILES string of the molecule is CCCC(Cl)CCc1nc(C)cs1. The highest BCUT2D eigenvalue weighted by molar-refractivity contribution is 7.09. The molecule has 0 aliphatic rings. The highest BCUT2D eigenvalue weighted by atomic mass is 35.5. The number of alkyl halides is 1. The van der Waals surface area contributed by atoms with Gasteiger partial charge in [-0.25, -0.2) is 4.98 Å². The van der Waals surface area contributed by atoms with Crippen molar-refractivity contribution in [3.8, 4) is 0 Å². The predicted octanol–water partition coefficient (Wildman–Crippen LogP) is 3.79. The summed E-state index contributed by atoms with van der Waals surface area (Å²) in [7, 11) is 0. The predicted molar refractivity (Wildman–Crippen MR) is 59.7 cm³/mol. The maximum atomic E-state index is 6.11. The number of hydrogen-bond donors (Lipinski definition) is 0. The Morgan fingerprint density at radius 1 is 1.54 bits per heavy atom. The molecule has 0 aliphatic carbocycles. The lowest BCUT2D eigenvalue weighted by molar-refractivity contribution is 0.674. The average Bonchev–Trinajstić information content (AvgIpc) is 2.49. The molecule has 3 heteroatoms. The molecule has 0 saturated carbocycles. The summed E-state index contributed by atoms with van der Waals surface area (Å²) in [6.45, 7) is 4.20. The van der Waals surface area contributed by atoms with Crippen molar-refractivity contribution < 1.29 is 0 Å². The number of aryl methyl sites for hydroxylation is 2. The third-order valence-corrected chi connectivity index (χ3v) is 3.40. The third-order valence-electron chi connectivity index (χ3n) is 1.94. The van der Waals surface area contributed by atoms with E-state index in [9.17, 15) is 0 Å². The van der Waals surface area contributed by atoms with Gasteiger partial charge < -0.3 is 0 Å². The largest absolute Gasteiger partial charge is 0.247 e. The molecule has 0 fully saturated rings. The second-order valence-electron chi connectivity index (χ2n) is 3.31. The van der Waals surface area contributed by atoms with E-state index in [0.29, 0.717) is 5.38 Å². The van der Waals surface area contributed by atoms with Gasteiger partial charge in [-0.3, -0.25) is 0 Å². The number of thiazole rings is 1. The molecule has 0 N–H and O–H groups in total. The lowest BCUT2D eigenvalue weighted by atomic mass is 10.1. The van der Waals surface area contributed by atoms with E-state index < -0.39 is 0 Å². The van der Waals surface area contributed by atoms with Gasteiger partial charge >= 0.3 is 0 Å². The van der Waals surface area contributed by atoms with Crippen LogP contribution < -0.4 is 0 Å². The van der Waals surface area contributed by atoms with E-state index in [1.807, 2.05) is 6.92 Å². The van der Waals surface area contributed by atoms with Gasteiger partial charge in [0.15, 0.2) is 0 Å². The van der Waals surface area contributed by atoms with Crippen molar-refractivity contribution >= 4 is 22.9 Å². The van der Waals surface area contributed by atoms with Crippen LogP contribution >= 0.6 is 22.9 Å². The van der Waals surface area contributed by atoms with Crippen molar-refractivity contribution in [1.82, 2.24) is 4.98 Å². The lowest BCUT2D eigenvalue weighted by Crippen LogP contribution is -1.99. The Morgan fingerprint density at radius 2 is 2.31 bits per heavy atom. The Hall–Kier alpha value is -0.0800. The van der Waals surface area contributed by atoms with Gasteiger partial charge in [-0.1, -0.05) is 13.3 Å². The topological polar surface area (TPSA) is 12.9 Å². The smallest absolute Gasteiger partial charge is 0.0928 e. The molecule has 0 bridgehead atoms. The van der Waals surface area contributed by atoms with Crippen molar-refractivity contribution in [2.24, 2.45) is 0 Å². The van der Waals surface area contributed by atoms with Crippen LogP contribution in [0.5, 0.6) is 0 Å². The van der Waals surface area contributed by atoms with Crippen LogP contribution in [0.25, 0.3) is 0 Å². The van der Waals surface area contributed by atoms with Crippen LogP contribution in [0, 0.1) is 6.92 Å². The first kappa shape index (κ1) is 11.0. The van der Waals surface area contributed by atoms with Crippen molar-refractivity contribution in [3.63, 3.8) is 0 Å². The molecule has 13 heavy (non-hydrogen) atoms. The molecule has 0 amide bonds. The fraction of sp³-hybridized carbons (Fsp3) is 0.700. The number of aromatic nitrogens is 1. The first-order chi connectivity index (χ1) is 6.22. The Morgan fingerprint density at radius 3 is 2.85 bits per heavy atom. The minimum absolute atomic E-state index is 0.328. The average molecular weight is 218 g/mol. The van der Waals surface area contributed by atoms with Gasteiger partial charge in [-0.05, 0) is 19.8 Å². The highest BCUT2D eigenvalue weighted by Crippen LogP contribution is 2.16. The molecule has 1 aromatic heterocycles. The number of nitrogens with zero attached hydrogens (tertiary/aromatic N) is 1. The molecule has 0 saturated heterocycles. The van der Waals surface area contributed by atoms with Crippen LogP contribution in [0.15, 0.2) is 5.38 Å². The van der Waals surface area contributed by atoms with Gasteiger partial charge in [0, 0.05) is 22.9 Å². The summed E-state index contributed by atoms with van der Waals surface area (Å²) < 4.78 is 0. The van der Waals surface area contributed by atoms with Gasteiger partial charge in [0.25, 0.3) is 0 Å². The van der Waals surface area contributed by atoms with E-state index in [1.165, 1.54) is 11.4 Å². The van der Waals surface area contributed by atoms with Crippen LogP contribution in [0.4, 0.5) is 0 Å². The summed E-state index contributed by atoms with van der Waals surface area (Å²) in [4.78, 5) is 4.40. The molecule has 1 nitrogen and oxygen atoms in total. The maximum Gasteiger partial charge on any atom is 0.0928 e. The van der Waals surface area contributed by atoms with E-state index >= 15 is 0 Å². The van der Waals surface area contributed by atoms with E-state index in [2.05, 4.69) is 17.3 Å². The van der Waals surface area contributed by atoms with Gasteiger partial charge in [-0.15, -0.1) is 22.9 Å². The van der Waals surface area contributed by atoms with Crippen molar-refractivity contribution in [3.05, 3.63) is 16.1 Å². The Labute approximate surface area is 89.1 Å². The summed E-state index contributed by atoms with van der Waals surface area (Å²) in [6, 6.07) is 0. The molecule has 74 valence electrons. The maximum absolute atomic E-state index is 6.11. The monoisotopic (exact) mass is 217 g/mol. The molecule has 1 aromatic rings. The molecule has 0 spiro atoms. The van der Waals surface area contributed by atoms with Gasteiger partial charge in [0.05, 0.1) is 5.01 Å². The van der Waals surface area contributed by atoms with Crippen LogP contribution in [-0.4, -0.2) is 10.4 Å². The van der Waals surface area contributed by atoms with E-state index in [4.69, 9.17) is 11.6 Å². The summed E-state index contributed by atoms with van der Waals surface area (Å²) in [5, 5.41) is 3.65. The molecule has 1 heterocycles. The fourth-order valence-electron chi connectivity index (χ4n) is 1.26. The van der Waals surface area contributed by atoms with Crippen LogP contribution in [0.2, 0.25) is 0 Å². The molecular formula is C10H16ClNS. The Balaban J connectivity index is 2.26. The summed E-state index contributed by atoms with van der Waals surface area (Å²) in [6.07, 6.45) is 4.38. The number of hydrogen-bond acceptors (Lipinski definition) is 2. The molecular weight excluding hydrogens is 202 g/mol. The molecule has 0 aromatic carbocycles. The zero-order valence-electron chi connectivity index (χ0n) is 8.22. The zero-order valence-corrected chi connectivity index (χ0v) is 9.79. The molecule has 0 aliphatic heterocycles. The number of halogens is 1. The second-order valence-corrected chi connectivity index (χ2v) is 4.87. The first-order valence-corrected chi connectivity index (χ1v) is 6.09.